The molecule has 6 nitrogen and oxygen atoms in total. The van der Waals surface area contributed by atoms with Gasteiger partial charge in [-0.3, -0.25) is 9.59 Å². The van der Waals surface area contributed by atoms with Gasteiger partial charge in [0.25, 0.3) is 15.9 Å². The molecule has 0 radical (unpaired) electrons. The van der Waals surface area contributed by atoms with Crippen LogP contribution in [0.2, 0.25) is 0 Å². The summed E-state index contributed by atoms with van der Waals surface area (Å²) in [5, 5.41) is 0. The van der Waals surface area contributed by atoms with Gasteiger partial charge in [0.15, 0.2) is 0 Å². The number of carbonyl (C=O) groups excluding carboxylic acids is 2. The van der Waals surface area contributed by atoms with Gasteiger partial charge in [-0.05, 0) is 31.9 Å². The van der Waals surface area contributed by atoms with Crippen molar-refractivity contribution >= 4 is 21.8 Å². The molecular formula is C14H16N2O4S. The number of nitrogens with zero attached hydrogens (tertiary/aromatic N) is 2. The smallest absolute Gasteiger partial charge is 0.269 e. The molecule has 0 aromatic heterocycles. The standard InChI is InChI=1S/C14H16N2O4S/c1-2-15(10-7-8-10)13(17)9-16-14(18)11-5-3-4-6-12(11)21(16,19)20/h3-6,10H,2,7-9H2,1H3. The molecule has 2 aliphatic rings. The Balaban J connectivity index is 1.87. The first-order valence-electron chi connectivity index (χ1n) is 6.92. The number of amides is 2. The second-order valence-corrected chi connectivity index (χ2v) is 7.05. The van der Waals surface area contributed by atoms with Crippen LogP contribution in [-0.2, 0) is 14.8 Å². The Morgan fingerprint density at radius 2 is 2.00 bits per heavy atom. The molecular weight excluding hydrogens is 292 g/mol. The van der Waals surface area contributed by atoms with E-state index in [1.54, 1.807) is 17.0 Å². The zero-order chi connectivity index (χ0) is 15.2. The van der Waals surface area contributed by atoms with E-state index >= 15 is 0 Å². The van der Waals surface area contributed by atoms with Gasteiger partial charge in [-0.1, -0.05) is 12.1 Å². The minimum absolute atomic E-state index is 0.0164. The number of carbonyl (C=O) groups is 2. The van der Waals surface area contributed by atoms with Crippen LogP contribution in [0.1, 0.15) is 30.1 Å². The molecule has 1 aromatic carbocycles. The van der Waals surface area contributed by atoms with Gasteiger partial charge in [0, 0.05) is 12.6 Å². The predicted molar refractivity (Wildman–Crippen MR) is 75.1 cm³/mol. The Morgan fingerprint density at radius 3 is 2.57 bits per heavy atom. The lowest BCUT2D eigenvalue weighted by Crippen LogP contribution is -2.43. The minimum atomic E-state index is -3.90. The highest BCUT2D eigenvalue weighted by Crippen LogP contribution is 2.31. The molecule has 0 N–H and O–H groups in total. The molecule has 112 valence electrons. The first kappa shape index (κ1) is 14.1. The quantitative estimate of drug-likeness (QED) is 0.826. The normalized spacial score (nSPS) is 19.5. The average Bonchev–Trinajstić information content (AvgIpc) is 3.26. The molecule has 1 heterocycles. The predicted octanol–water partition coefficient (Wildman–Crippen LogP) is 0.842. The van der Waals surface area contributed by atoms with E-state index in [0.717, 1.165) is 12.8 Å². The van der Waals surface area contributed by atoms with Crippen LogP contribution in [0.15, 0.2) is 29.2 Å². The summed E-state index contributed by atoms with van der Waals surface area (Å²) in [7, 11) is -3.90. The van der Waals surface area contributed by atoms with Crippen LogP contribution in [0.25, 0.3) is 0 Å². The molecule has 0 saturated heterocycles. The Bertz CT molecular complexity index is 709. The lowest BCUT2D eigenvalue weighted by Gasteiger charge is -2.23. The zero-order valence-electron chi connectivity index (χ0n) is 11.7. The highest BCUT2D eigenvalue weighted by Gasteiger charge is 2.43. The van der Waals surface area contributed by atoms with E-state index < -0.39 is 22.5 Å². The third-order valence-electron chi connectivity index (χ3n) is 3.84. The maximum absolute atomic E-state index is 12.4. The summed E-state index contributed by atoms with van der Waals surface area (Å²) in [5.74, 6) is -0.935. The molecule has 1 aromatic rings. The van der Waals surface area contributed by atoms with Crippen LogP contribution in [-0.4, -0.2) is 48.6 Å². The SMILES string of the molecule is CCN(C(=O)CN1C(=O)c2ccccc2S1(=O)=O)C1CC1. The summed E-state index contributed by atoms with van der Waals surface area (Å²) in [5.41, 5.74) is 0.139. The van der Waals surface area contributed by atoms with Crippen molar-refractivity contribution < 1.29 is 18.0 Å². The fraction of sp³-hybridized carbons (Fsp3) is 0.429. The number of benzene rings is 1. The van der Waals surface area contributed by atoms with Crippen LogP contribution in [0, 0.1) is 0 Å². The summed E-state index contributed by atoms with van der Waals surface area (Å²) in [6.07, 6.45) is 1.89. The van der Waals surface area contributed by atoms with Gasteiger partial charge in [0.05, 0.1) is 5.56 Å². The Morgan fingerprint density at radius 1 is 1.33 bits per heavy atom. The van der Waals surface area contributed by atoms with Crippen molar-refractivity contribution in [2.24, 2.45) is 0 Å². The van der Waals surface area contributed by atoms with Crippen molar-refractivity contribution in [3.63, 3.8) is 0 Å². The molecule has 7 heteroatoms. The van der Waals surface area contributed by atoms with Crippen LogP contribution >= 0.6 is 0 Å². The van der Waals surface area contributed by atoms with E-state index in [-0.39, 0.29) is 22.4 Å². The average molecular weight is 308 g/mol. The van der Waals surface area contributed by atoms with E-state index in [1.807, 2.05) is 6.92 Å². The van der Waals surface area contributed by atoms with Gasteiger partial charge < -0.3 is 4.90 Å². The lowest BCUT2D eigenvalue weighted by atomic mass is 10.2. The molecule has 1 aliphatic carbocycles. The second kappa shape index (κ2) is 4.84. The van der Waals surface area contributed by atoms with Crippen LogP contribution < -0.4 is 0 Å². The maximum atomic E-state index is 12.4. The Labute approximate surface area is 123 Å². The van der Waals surface area contributed by atoms with E-state index in [2.05, 4.69) is 0 Å². The molecule has 21 heavy (non-hydrogen) atoms. The van der Waals surface area contributed by atoms with Crippen LogP contribution in [0.5, 0.6) is 0 Å². The Hall–Kier alpha value is -1.89. The largest absolute Gasteiger partial charge is 0.338 e. The third kappa shape index (κ3) is 2.21. The zero-order valence-corrected chi connectivity index (χ0v) is 12.5. The summed E-state index contributed by atoms with van der Waals surface area (Å²) >= 11 is 0. The number of likely N-dealkylation sites (N-methyl/N-ethyl adjacent to an activating group) is 1. The van der Waals surface area contributed by atoms with Gasteiger partial charge in [0.2, 0.25) is 5.91 Å². The molecule has 3 rings (SSSR count). The van der Waals surface area contributed by atoms with Gasteiger partial charge >= 0.3 is 0 Å². The molecule has 1 saturated carbocycles. The van der Waals surface area contributed by atoms with Crippen molar-refractivity contribution in [1.29, 1.82) is 0 Å². The highest BCUT2D eigenvalue weighted by molar-refractivity contribution is 7.90. The van der Waals surface area contributed by atoms with E-state index in [0.29, 0.717) is 10.8 Å². The molecule has 0 bridgehead atoms. The van der Waals surface area contributed by atoms with Gasteiger partial charge in [0.1, 0.15) is 11.4 Å². The molecule has 0 spiro atoms. The van der Waals surface area contributed by atoms with Crippen LogP contribution in [0.4, 0.5) is 0 Å². The summed E-state index contributed by atoms with van der Waals surface area (Å²) in [4.78, 5) is 26.1. The van der Waals surface area contributed by atoms with Gasteiger partial charge in [-0.15, -0.1) is 0 Å². The van der Waals surface area contributed by atoms with Crippen LogP contribution in [0.3, 0.4) is 0 Å². The van der Waals surface area contributed by atoms with Crippen molar-refractivity contribution in [1.82, 2.24) is 9.21 Å². The van der Waals surface area contributed by atoms with Gasteiger partial charge in [-0.2, -0.15) is 0 Å². The first-order valence-corrected chi connectivity index (χ1v) is 8.36. The second-order valence-electron chi connectivity index (χ2n) is 5.22. The summed E-state index contributed by atoms with van der Waals surface area (Å²) in [6, 6.07) is 6.24. The number of hydrogen-bond donors (Lipinski definition) is 0. The number of rotatable bonds is 4. The molecule has 1 aliphatic heterocycles. The van der Waals surface area contributed by atoms with Crippen molar-refractivity contribution in [3.8, 4) is 0 Å². The highest BCUT2D eigenvalue weighted by atomic mass is 32.2. The van der Waals surface area contributed by atoms with Crippen molar-refractivity contribution in [2.45, 2.75) is 30.7 Å². The van der Waals surface area contributed by atoms with E-state index in [9.17, 15) is 18.0 Å². The molecule has 0 unspecified atom stereocenters. The van der Waals surface area contributed by atoms with Gasteiger partial charge in [-0.25, -0.2) is 12.7 Å². The third-order valence-corrected chi connectivity index (χ3v) is 5.63. The molecule has 2 amide bonds. The fourth-order valence-corrected chi connectivity index (χ4v) is 4.14. The maximum Gasteiger partial charge on any atom is 0.269 e. The van der Waals surface area contributed by atoms with E-state index in [4.69, 9.17) is 0 Å². The van der Waals surface area contributed by atoms with Crippen molar-refractivity contribution in [3.05, 3.63) is 29.8 Å². The summed E-state index contributed by atoms with van der Waals surface area (Å²) < 4.78 is 25.4. The topological polar surface area (TPSA) is 74.8 Å². The molecule has 0 atom stereocenters. The fourth-order valence-electron chi connectivity index (χ4n) is 2.63. The first-order chi connectivity index (χ1) is 9.96. The number of hydrogen-bond acceptors (Lipinski definition) is 4. The lowest BCUT2D eigenvalue weighted by molar-refractivity contribution is -0.131. The number of sulfonamides is 1. The molecule has 1 fully saturated rings. The van der Waals surface area contributed by atoms with Crippen molar-refractivity contribution in [2.75, 3.05) is 13.1 Å². The number of fused-ring (bicyclic) bond motifs is 1. The minimum Gasteiger partial charge on any atom is -0.338 e. The van der Waals surface area contributed by atoms with E-state index in [1.165, 1.54) is 12.1 Å². The monoisotopic (exact) mass is 308 g/mol. The Kier molecular flexibility index (Phi) is 3.24. The summed E-state index contributed by atoms with van der Waals surface area (Å²) in [6.45, 7) is 1.96.